The van der Waals surface area contributed by atoms with E-state index in [1.165, 1.54) is 11.3 Å². The molecule has 0 saturated heterocycles. The minimum atomic E-state index is -0.758. The number of benzene rings is 1. The number of para-hydroxylation sites is 2. The van der Waals surface area contributed by atoms with Crippen molar-refractivity contribution in [1.82, 2.24) is 9.97 Å². The van der Waals surface area contributed by atoms with Crippen LogP contribution in [0.15, 0.2) is 41.9 Å². The number of carbonyl (C=O) groups is 2. The highest BCUT2D eigenvalue weighted by atomic mass is 32.1. The number of ether oxygens (including phenoxy) is 2. The zero-order valence-electron chi connectivity index (χ0n) is 13.4. The lowest BCUT2D eigenvalue weighted by molar-refractivity contribution is -0.125. The van der Waals surface area contributed by atoms with E-state index < -0.39 is 12.0 Å². The standard InChI is InChI=1S/C17H14N4O4S/c18-15(22)10-5-9(6-19-10)11-8-26-17(20-11)21-16(23)14-7-24-12-3-1-2-4-13(12)25-14/h1-6,8,14,19H,7H2,(H2,18,22)(H,20,21,23)/t14-/m1/s1. The van der Waals surface area contributed by atoms with E-state index in [1.54, 1.807) is 29.8 Å². The van der Waals surface area contributed by atoms with Crippen LogP contribution in [0, 0.1) is 0 Å². The quantitative estimate of drug-likeness (QED) is 0.649. The fourth-order valence-corrected chi connectivity index (χ4v) is 3.21. The largest absolute Gasteiger partial charge is 0.485 e. The third-order valence-corrected chi connectivity index (χ3v) is 4.54. The highest BCUT2D eigenvalue weighted by Crippen LogP contribution is 2.31. The molecule has 0 aliphatic carbocycles. The van der Waals surface area contributed by atoms with Gasteiger partial charge in [0.05, 0.1) is 5.69 Å². The van der Waals surface area contributed by atoms with Crippen molar-refractivity contribution in [2.75, 3.05) is 11.9 Å². The van der Waals surface area contributed by atoms with Gasteiger partial charge < -0.3 is 20.2 Å². The van der Waals surface area contributed by atoms with Crippen molar-refractivity contribution in [2.45, 2.75) is 6.10 Å². The number of anilines is 1. The molecule has 132 valence electrons. The average molecular weight is 370 g/mol. The smallest absolute Gasteiger partial charge is 0.270 e. The van der Waals surface area contributed by atoms with Gasteiger partial charge in [0.2, 0.25) is 6.10 Å². The minimum absolute atomic E-state index is 0.126. The highest BCUT2D eigenvalue weighted by molar-refractivity contribution is 7.14. The molecule has 1 aliphatic heterocycles. The van der Waals surface area contributed by atoms with Crippen LogP contribution in [-0.2, 0) is 4.79 Å². The molecule has 3 aromatic rings. The van der Waals surface area contributed by atoms with E-state index in [9.17, 15) is 9.59 Å². The second kappa shape index (κ2) is 6.52. The second-order valence-electron chi connectivity index (χ2n) is 5.56. The zero-order chi connectivity index (χ0) is 18.1. The van der Waals surface area contributed by atoms with E-state index in [0.29, 0.717) is 33.6 Å². The summed E-state index contributed by atoms with van der Waals surface area (Å²) in [6, 6.07) is 8.79. The first-order chi connectivity index (χ1) is 12.6. The molecule has 9 heteroatoms. The molecule has 8 nitrogen and oxygen atoms in total. The van der Waals surface area contributed by atoms with Crippen LogP contribution in [0.5, 0.6) is 11.5 Å². The molecule has 0 saturated carbocycles. The number of nitrogens with zero attached hydrogens (tertiary/aromatic N) is 1. The zero-order valence-corrected chi connectivity index (χ0v) is 14.2. The second-order valence-corrected chi connectivity index (χ2v) is 6.42. The van der Waals surface area contributed by atoms with Crippen LogP contribution in [0.4, 0.5) is 5.13 Å². The van der Waals surface area contributed by atoms with Gasteiger partial charge in [0, 0.05) is 17.1 Å². The van der Waals surface area contributed by atoms with E-state index in [0.717, 1.165) is 0 Å². The number of H-pyrrole nitrogens is 1. The SMILES string of the molecule is NC(=O)c1cc(-c2csc(NC(=O)[C@H]3COc4ccccc4O3)n2)c[nH]1. The van der Waals surface area contributed by atoms with Gasteiger partial charge in [-0.15, -0.1) is 11.3 Å². The Labute approximate surface area is 152 Å². The number of hydrogen-bond acceptors (Lipinski definition) is 6. The first-order valence-corrected chi connectivity index (χ1v) is 8.61. The molecule has 2 aromatic heterocycles. The molecular weight excluding hydrogens is 356 g/mol. The Kier molecular flexibility index (Phi) is 4.05. The van der Waals surface area contributed by atoms with Gasteiger partial charge in [-0.2, -0.15) is 0 Å². The maximum atomic E-state index is 12.4. The lowest BCUT2D eigenvalue weighted by Gasteiger charge is -2.25. The number of primary amides is 1. The third kappa shape index (κ3) is 3.11. The van der Waals surface area contributed by atoms with Gasteiger partial charge in [0.1, 0.15) is 12.3 Å². The van der Waals surface area contributed by atoms with Crippen LogP contribution in [-0.4, -0.2) is 34.5 Å². The predicted octanol–water partition coefficient (Wildman–Crippen LogP) is 2.02. The molecule has 1 aliphatic rings. The van der Waals surface area contributed by atoms with Gasteiger partial charge in [-0.1, -0.05) is 12.1 Å². The fraction of sp³-hybridized carbons (Fsp3) is 0.118. The number of amides is 2. The van der Waals surface area contributed by atoms with Crippen LogP contribution in [0.3, 0.4) is 0 Å². The van der Waals surface area contributed by atoms with Gasteiger partial charge in [-0.05, 0) is 18.2 Å². The summed E-state index contributed by atoms with van der Waals surface area (Å²) >= 11 is 1.27. The number of aromatic nitrogens is 2. The summed E-state index contributed by atoms with van der Waals surface area (Å²) in [6.45, 7) is 0.126. The summed E-state index contributed by atoms with van der Waals surface area (Å²) in [6.07, 6.45) is 0.876. The maximum absolute atomic E-state index is 12.4. The van der Waals surface area contributed by atoms with Crippen molar-refractivity contribution in [3.63, 3.8) is 0 Å². The van der Waals surface area contributed by atoms with Crippen molar-refractivity contribution in [3.05, 3.63) is 47.6 Å². The van der Waals surface area contributed by atoms with E-state index in [4.69, 9.17) is 15.2 Å². The lowest BCUT2D eigenvalue weighted by Crippen LogP contribution is -2.40. The maximum Gasteiger partial charge on any atom is 0.270 e. The predicted molar refractivity (Wildman–Crippen MR) is 95.4 cm³/mol. The van der Waals surface area contributed by atoms with Gasteiger partial charge in [-0.25, -0.2) is 4.98 Å². The van der Waals surface area contributed by atoms with Crippen molar-refractivity contribution >= 4 is 28.3 Å². The molecule has 1 aromatic carbocycles. The number of rotatable bonds is 4. The molecular formula is C17H14N4O4S. The number of aromatic amines is 1. The first-order valence-electron chi connectivity index (χ1n) is 7.73. The molecule has 2 amide bonds. The molecule has 0 unspecified atom stereocenters. The number of nitrogens with one attached hydrogen (secondary N) is 2. The first kappa shape index (κ1) is 16.2. The number of thiazole rings is 1. The normalized spacial score (nSPS) is 15.5. The van der Waals surface area contributed by atoms with Crippen molar-refractivity contribution in [1.29, 1.82) is 0 Å². The van der Waals surface area contributed by atoms with Crippen molar-refractivity contribution < 1.29 is 19.1 Å². The summed E-state index contributed by atoms with van der Waals surface area (Å²) in [5.41, 5.74) is 6.85. The van der Waals surface area contributed by atoms with E-state index in [2.05, 4.69) is 15.3 Å². The molecule has 1 atom stereocenters. The summed E-state index contributed by atoms with van der Waals surface area (Å²) in [4.78, 5) is 30.7. The van der Waals surface area contributed by atoms with E-state index >= 15 is 0 Å². The van der Waals surface area contributed by atoms with Gasteiger partial charge >= 0.3 is 0 Å². The summed E-state index contributed by atoms with van der Waals surface area (Å²) < 4.78 is 11.2. The van der Waals surface area contributed by atoms with E-state index in [-0.39, 0.29) is 12.5 Å². The molecule has 26 heavy (non-hydrogen) atoms. The summed E-state index contributed by atoms with van der Waals surface area (Å²) in [7, 11) is 0. The van der Waals surface area contributed by atoms with Crippen molar-refractivity contribution in [2.24, 2.45) is 5.73 Å². The molecule has 4 N–H and O–H groups in total. The average Bonchev–Trinajstić information content (AvgIpc) is 3.30. The fourth-order valence-electron chi connectivity index (χ4n) is 2.48. The van der Waals surface area contributed by atoms with Gasteiger partial charge in [0.25, 0.3) is 11.8 Å². The Morgan fingerprint density at radius 2 is 2.12 bits per heavy atom. The van der Waals surface area contributed by atoms with Crippen molar-refractivity contribution in [3.8, 4) is 22.8 Å². The molecule has 3 heterocycles. The summed E-state index contributed by atoms with van der Waals surface area (Å²) in [5.74, 6) is 0.262. The Bertz CT molecular complexity index is 981. The molecule has 0 bridgehead atoms. The van der Waals surface area contributed by atoms with Crippen LogP contribution in [0.1, 0.15) is 10.5 Å². The van der Waals surface area contributed by atoms with Crippen LogP contribution in [0.25, 0.3) is 11.3 Å². The van der Waals surface area contributed by atoms with Crippen LogP contribution < -0.4 is 20.5 Å². The Morgan fingerprint density at radius 1 is 1.31 bits per heavy atom. The third-order valence-electron chi connectivity index (χ3n) is 3.78. The van der Waals surface area contributed by atoms with E-state index in [1.807, 2.05) is 12.1 Å². The monoisotopic (exact) mass is 370 g/mol. The minimum Gasteiger partial charge on any atom is -0.485 e. The molecule has 0 radical (unpaired) electrons. The number of nitrogens with two attached hydrogens (primary N) is 1. The molecule has 4 rings (SSSR count). The number of hydrogen-bond donors (Lipinski definition) is 3. The summed E-state index contributed by atoms with van der Waals surface area (Å²) in [5, 5.41) is 4.92. The number of fused-ring (bicyclic) bond motifs is 1. The van der Waals surface area contributed by atoms with Crippen LogP contribution in [0.2, 0.25) is 0 Å². The Morgan fingerprint density at radius 3 is 2.88 bits per heavy atom. The molecule has 0 spiro atoms. The van der Waals surface area contributed by atoms with Gasteiger partial charge in [0.15, 0.2) is 16.6 Å². The Balaban J connectivity index is 1.44. The molecule has 0 fully saturated rings. The topological polar surface area (TPSA) is 119 Å². The number of carbonyl (C=O) groups excluding carboxylic acids is 2. The highest BCUT2D eigenvalue weighted by Gasteiger charge is 2.28. The Hall–Kier alpha value is -3.33. The van der Waals surface area contributed by atoms with Gasteiger partial charge in [-0.3, -0.25) is 14.9 Å². The van der Waals surface area contributed by atoms with Crippen LogP contribution >= 0.6 is 11.3 Å². The lowest BCUT2D eigenvalue weighted by atomic mass is 10.2.